The standard InChI is InChI=1S/C9H16N2O/c10-8-11(6-7-12)9-4-2-1-3-5-9/h9,12H,1-7H2. The third-order valence-corrected chi connectivity index (χ3v) is 2.48. The van der Waals surface area contributed by atoms with E-state index >= 15 is 0 Å². The first-order chi connectivity index (χ1) is 5.88. The molecular weight excluding hydrogens is 152 g/mol. The average molecular weight is 168 g/mol. The van der Waals surface area contributed by atoms with Gasteiger partial charge in [0.1, 0.15) is 0 Å². The van der Waals surface area contributed by atoms with E-state index in [1.165, 1.54) is 19.3 Å². The van der Waals surface area contributed by atoms with Gasteiger partial charge in [-0.15, -0.1) is 0 Å². The van der Waals surface area contributed by atoms with Crippen LogP contribution in [-0.4, -0.2) is 29.2 Å². The zero-order valence-corrected chi connectivity index (χ0v) is 7.37. The van der Waals surface area contributed by atoms with Crippen LogP contribution in [0.1, 0.15) is 32.1 Å². The lowest BCUT2D eigenvalue weighted by Crippen LogP contribution is -2.34. The molecule has 0 heterocycles. The molecule has 0 unspecified atom stereocenters. The molecule has 0 aromatic carbocycles. The van der Waals surface area contributed by atoms with E-state index in [2.05, 4.69) is 6.19 Å². The summed E-state index contributed by atoms with van der Waals surface area (Å²) in [7, 11) is 0. The molecule has 1 saturated carbocycles. The highest BCUT2D eigenvalue weighted by Gasteiger charge is 2.18. The minimum Gasteiger partial charge on any atom is -0.395 e. The molecule has 0 spiro atoms. The van der Waals surface area contributed by atoms with Crippen LogP contribution in [0.5, 0.6) is 0 Å². The highest BCUT2D eigenvalue weighted by Crippen LogP contribution is 2.21. The average Bonchev–Trinajstić information content (AvgIpc) is 2.15. The molecule has 1 rings (SSSR count). The minimum atomic E-state index is 0.0874. The predicted molar refractivity (Wildman–Crippen MR) is 46.3 cm³/mol. The number of nitrogens with zero attached hydrogens (tertiary/aromatic N) is 2. The number of aliphatic hydroxyl groups excluding tert-OH is 1. The van der Waals surface area contributed by atoms with E-state index < -0.39 is 0 Å². The molecule has 1 fully saturated rings. The molecule has 0 amide bonds. The van der Waals surface area contributed by atoms with Crippen LogP contribution >= 0.6 is 0 Å². The first-order valence-electron chi connectivity index (χ1n) is 4.65. The molecule has 0 aromatic heterocycles. The minimum absolute atomic E-state index is 0.0874. The Hall–Kier alpha value is -0.750. The van der Waals surface area contributed by atoms with Crippen molar-refractivity contribution in [2.24, 2.45) is 0 Å². The van der Waals surface area contributed by atoms with E-state index in [4.69, 9.17) is 10.4 Å². The van der Waals surface area contributed by atoms with Gasteiger partial charge in [0, 0.05) is 6.04 Å². The van der Waals surface area contributed by atoms with E-state index in [-0.39, 0.29) is 6.61 Å². The third-order valence-electron chi connectivity index (χ3n) is 2.48. The number of rotatable bonds is 3. The zero-order chi connectivity index (χ0) is 8.81. The number of hydrogen-bond acceptors (Lipinski definition) is 3. The van der Waals surface area contributed by atoms with Crippen molar-refractivity contribution in [3.63, 3.8) is 0 Å². The monoisotopic (exact) mass is 168 g/mol. The SMILES string of the molecule is N#CN(CCO)C1CCCCC1. The Morgan fingerprint density at radius 3 is 2.50 bits per heavy atom. The third kappa shape index (κ3) is 2.38. The Balaban J connectivity index is 2.36. The molecule has 0 saturated heterocycles. The predicted octanol–water partition coefficient (Wildman–Crippen LogP) is 1.09. The van der Waals surface area contributed by atoms with Crippen molar-refractivity contribution >= 4 is 0 Å². The summed E-state index contributed by atoms with van der Waals surface area (Å²) in [6, 6.07) is 0.399. The van der Waals surface area contributed by atoms with Crippen molar-refractivity contribution in [3.05, 3.63) is 0 Å². The van der Waals surface area contributed by atoms with Crippen LogP contribution in [0.2, 0.25) is 0 Å². The fourth-order valence-electron chi connectivity index (χ4n) is 1.81. The lowest BCUT2D eigenvalue weighted by Gasteiger charge is -2.29. The fraction of sp³-hybridized carbons (Fsp3) is 0.889. The van der Waals surface area contributed by atoms with Gasteiger partial charge in [0.15, 0.2) is 6.19 Å². The summed E-state index contributed by atoms with van der Waals surface area (Å²) in [6.07, 6.45) is 8.14. The topological polar surface area (TPSA) is 47.3 Å². The molecule has 68 valence electrons. The van der Waals surface area contributed by atoms with Crippen molar-refractivity contribution in [2.75, 3.05) is 13.2 Å². The van der Waals surface area contributed by atoms with Crippen LogP contribution in [0.3, 0.4) is 0 Å². The van der Waals surface area contributed by atoms with Crippen LogP contribution in [0, 0.1) is 11.5 Å². The highest BCUT2D eigenvalue weighted by molar-refractivity contribution is 4.83. The van der Waals surface area contributed by atoms with Gasteiger partial charge in [-0.05, 0) is 12.8 Å². The van der Waals surface area contributed by atoms with Crippen LogP contribution in [0.4, 0.5) is 0 Å². The van der Waals surface area contributed by atoms with E-state index in [1.807, 2.05) is 0 Å². The van der Waals surface area contributed by atoms with Crippen LogP contribution in [0.25, 0.3) is 0 Å². The Morgan fingerprint density at radius 1 is 1.33 bits per heavy atom. The van der Waals surface area contributed by atoms with Gasteiger partial charge in [0.25, 0.3) is 0 Å². The summed E-state index contributed by atoms with van der Waals surface area (Å²) in [5, 5.41) is 17.5. The van der Waals surface area contributed by atoms with E-state index in [9.17, 15) is 0 Å². The lowest BCUT2D eigenvalue weighted by atomic mass is 9.94. The summed E-state index contributed by atoms with van der Waals surface area (Å²) in [5.74, 6) is 0. The lowest BCUT2D eigenvalue weighted by molar-refractivity contribution is 0.179. The molecule has 12 heavy (non-hydrogen) atoms. The van der Waals surface area contributed by atoms with Crippen LogP contribution < -0.4 is 0 Å². The Bertz CT molecular complexity index is 158. The van der Waals surface area contributed by atoms with E-state index in [0.29, 0.717) is 12.6 Å². The van der Waals surface area contributed by atoms with Gasteiger partial charge in [-0.1, -0.05) is 19.3 Å². The molecule has 0 atom stereocenters. The summed E-state index contributed by atoms with van der Waals surface area (Å²) >= 11 is 0. The zero-order valence-electron chi connectivity index (χ0n) is 7.37. The molecule has 0 aliphatic heterocycles. The van der Waals surface area contributed by atoms with Crippen molar-refractivity contribution in [2.45, 2.75) is 38.1 Å². The Kier molecular flexibility index (Phi) is 3.89. The smallest absolute Gasteiger partial charge is 0.179 e. The van der Waals surface area contributed by atoms with Crippen molar-refractivity contribution in [3.8, 4) is 6.19 Å². The quantitative estimate of drug-likeness (QED) is 0.507. The van der Waals surface area contributed by atoms with Gasteiger partial charge >= 0.3 is 0 Å². The molecule has 0 radical (unpaired) electrons. The summed E-state index contributed by atoms with van der Waals surface area (Å²) in [6.45, 7) is 0.589. The molecule has 3 heteroatoms. The van der Waals surface area contributed by atoms with Crippen LogP contribution in [0.15, 0.2) is 0 Å². The molecule has 1 aliphatic rings. The van der Waals surface area contributed by atoms with Gasteiger partial charge in [0.2, 0.25) is 0 Å². The summed E-state index contributed by atoms with van der Waals surface area (Å²) in [5.41, 5.74) is 0. The highest BCUT2D eigenvalue weighted by atomic mass is 16.3. The second-order valence-corrected chi connectivity index (χ2v) is 3.31. The van der Waals surface area contributed by atoms with Crippen molar-refractivity contribution < 1.29 is 5.11 Å². The maximum absolute atomic E-state index is 8.77. The van der Waals surface area contributed by atoms with E-state index in [0.717, 1.165) is 12.8 Å². The maximum Gasteiger partial charge on any atom is 0.179 e. The normalized spacial score (nSPS) is 18.7. The van der Waals surface area contributed by atoms with E-state index in [1.54, 1.807) is 4.90 Å². The summed E-state index contributed by atoms with van der Waals surface area (Å²) in [4.78, 5) is 1.72. The van der Waals surface area contributed by atoms with Crippen LogP contribution in [-0.2, 0) is 0 Å². The van der Waals surface area contributed by atoms with Crippen molar-refractivity contribution in [1.29, 1.82) is 5.26 Å². The first-order valence-corrected chi connectivity index (χ1v) is 4.65. The van der Waals surface area contributed by atoms with Gasteiger partial charge in [-0.3, -0.25) is 0 Å². The number of nitriles is 1. The molecular formula is C9H16N2O. The second kappa shape index (κ2) is 5.00. The molecule has 0 aromatic rings. The van der Waals surface area contributed by atoms with Gasteiger partial charge < -0.3 is 10.0 Å². The maximum atomic E-state index is 8.77. The fourth-order valence-corrected chi connectivity index (χ4v) is 1.81. The largest absolute Gasteiger partial charge is 0.395 e. The molecule has 1 N–H and O–H groups in total. The molecule has 0 bridgehead atoms. The van der Waals surface area contributed by atoms with Gasteiger partial charge in [-0.25, -0.2) is 0 Å². The van der Waals surface area contributed by atoms with Gasteiger partial charge in [0.05, 0.1) is 13.2 Å². The summed E-state index contributed by atoms with van der Waals surface area (Å²) < 4.78 is 0. The number of aliphatic hydroxyl groups is 1. The molecule has 1 aliphatic carbocycles. The Morgan fingerprint density at radius 2 is 2.00 bits per heavy atom. The Labute approximate surface area is 73.6 Å². The van der Waals surface area contributed by atoms with Crippen molar-refractivity contribution in [1.82, 2.24) is 4.90 Å². The van der Waals surface area contributed by atoms with Gasteiger partial charge in [-0.2, -0.15) is 5.26 Å². The molecule has 3 nitrogen and oxygen atoms in total. The second-order valence-electron chi connectivity index (χ2n) is 3.31. The first kappa shape index (κ1) is 9.34. The number of hydrogen-bond donors (Lipinski definition) is 1.